The number of fused-ring (bicyclic) bond motifs is 1. The number of hydrogen-bond donors (Lipinski definition) is 0. The first kappa shape index (κ1) is 19.5. The van der Waals surface area contributed by atoms with Crippen molar-refractivity contribution in [2.45, 2.75) is 26.8 Å². The number of carbonyl (C=O) groups excluding carboxylic acids is 3. The quantitative estimate of drug-likeness (QED) is 0.316. The number of esters is 1. The smallest absolute Gasteiger partial charge is 0.325 e. The molecule has 7 nitrogen and oxygen atoms in total. The number of imide groups is 1. The molecule has 2 saturated carbocycles. The lowest BCUT2D eigenvalue weighted by Crippen LogP contribution is -2.40. The molecule has 3 fully saturated rings. The second-order valence-electron chi connectivity index (χ2n) is 9.29. The van der Waals surface area contributed by atoms with E-state index in [4.69, 9.17) is 4.74 Å². The Morgan fingerprint density at radius 1 is 1.12 bits per heavy atom. The number of hydrazone groups is 1. The van der Waals surface area contributed by atoms with E-state index in [9.17, 15) is 14.4 Å². The molecule has 0 N–H and O–H groups in total. The van der Waals surface area contributed by atoms with E-state index in [0.717, 1.165) is 33.6 Å². The van der Waals surface area contributed by atoms with Gasteiger partial charge < -0.3 is 9.30 Å². The molecule has 0 spiro atoms. The van der Waals surface area contributed by atoms with Crippen LogP contribution < -0.4 is 0 Å². The number of hydrogen-bond acceptors (Lipinski definition) is 5. The Morgan fingerprint density at radius 2 is 1.78 bits per heavy atom. The average Bonchev–Trinajstić information content (AvgIpc) is 3.53. The van der Waals surface area contributed by atoms with Crippen molar-refractivity contribution in [2.75, 3.05) is 6.61 Å². The summed E-state index contributed by atoms with van der Waals surface area (Å²) in [4.78, 5) is 38.5. The Balaban J connectivity index is 1.34. The maximum atomic E-state index is 13.2. The van der Waals surface area contributed by atoms with Crippen LogP contribution in [0, 0.1) is 42.4 Å². The molecule has 1 aliphatic heterocycles. The third-order valence-corrected chi connectivity index (χ3v) is 7.81. The number of para-hydroxylation sites is 1. The number of nitrogens with zero attached hydrogens (tertiary/aromatic N) is 3. The lowest BCUT2D eigenvalue weighted by molar-refractivity contribution is -0.144. The molecule has 164 valence electrons. The van der Waals surface area contributed by atoms with Crippen LogP contribution in [0.3, 0.4) is 0 Å². The highest BCUT2D eigenvalue weighted by Gasteiger charge is 2.67. The second kappa shape index (κ2) is 6.89. The van der Waals surface area contributed by atoms with E-state index in [1.54, 1.807) is 13.1 Å². The molecule has 4 aliphatic carbocycles. The van der Waals surface area contributed by atoms with Crippen LogP contribution in [0.25, 0.3) is 10.9 Å². The van der Waals surface area contributed by atoms with Gasteiger partial charge >= 0.3 is 5.97 Å². The summed E-state index contributed by atoms with van der Waals surface area (Å²) >= 11 is 0. The SMILES string of the molecule is CCOC(=O)Cn1c(C)c(/C=N\N2C(=O)[C@@H]3[C@H]4C=C[C@H]([C@H]5C[C@H]45)[C@@H]3C2=O)c2ccccc21. The van der Waals surface area contributed by atoms with Crippen molar-refractivity contribution in [3.05, 3.63) is 47.7 Å². The largest absolute Gasteiger partial charge is 0.465 e. The Morgan fingerprint density at radius 3 is 2.44 bits per heavy atom. The molecule has 0 radical (unpaired) electrons. The number of rotatable bonds is 5. The van der Waals surface area contributed by atoms with Crippen molar-refractivity contribution in [3.8, 4) is 0 Å². The number of ether oxygens (including phenoxy) is 1. The summed E-state index contributed by atoms with van der Waals surface area (Å²) in [5.74, 6) is 0.317. The average molecular weight is 431 g/mol. The highest BCUT2D eigenvalue weighted by Crippen LogP contribution is 2.65. The van der Waals surface area contributed by atoms with Crippen molar-refractivity contribution in [1.82, 2.24) is 9.58 Å². The number of amides is 2. The normalized spacial score (nSPS) is 32.1. The first-order valence-corrected chi connectivity index (χ1v) is 11.3. The number of allylic oxidation sites excluding steroid dienone is 2. The van der Waals surface area contributed by atoms with E-state index in [1.165, 1.54) is 0 Å². The van der Waals surface area contributed by atoms with Crippen LogP contribution in [-0.2, 0) is 25.7 Å². The van der Waals surface area contributed by atoms with Gasteiger partial charge in [0.2, 0.25) is 0 Å². The number of carbonyl (C=O) groups is 3. The van der Waals surface area contributed by atoms with E-state index in [2.05, 4.69) is 17.3 Å². The van der Waals surface area contributed by atoms with Gasteiger partial charge in [0.1, 0.15) is 6.54 Å². The molecule has 1 aromatic carbocycles. The van der Waals surface area contributed by atoms with Crippen molar-refractivity contribution in [3.63, 3.8) is 0 Å². The highest BCUT2D eigenvalue weighted by atomic mass is 16.5. The lowest BCUT2D eigenvalue weighted by Gasteiger charge is -2.37. The summed E-state index contributed by atoms with van der Waals surface area (Å²) in [6, 6.07) is 7.73. The molecule has 7 rings (SSSR count). The first-order chi connectivity index (χ1) is 15.5. The predicted molar refractivity (Wildman–Crippen MR) is 117 cm³/mol. The van der Waals surface area contributed by atoms with Crippen molar-refractivity contribution < 1.29 is 19.1 Å². The molecule has 2 amide bonds. The van der Waals surface area contributed by atoms with Crippen LogP contribution in [0.1, 0.15) is 24.6 Å². The Hall–Kier alpha value is -3.22. The molecule has 1 aromatic heterocycles. The molecule has 6 atom stereocenters. The fourth-order valence-electron chi connectivity index (χ4n) is 6.33. The number of benzene rings is 1. The van der Waals surface area contributed by atoms with Gasteiger partial charge in [-0.3, -0.25) is 14.4 Å². The van der Waals surface area contributed by atoms with Crippen molar-refractivity contribution >= 4 is 34.9 Å². The minimum Gasteiger partial charge on any atom is -0.465 e. The van der Waals surface area contributed by atoms with E-state index < -0.39 is 0 Å². The summed E-state index contributed by atoms with van der Waals surface area (Å²) in [7, 11) is 0. The van der Waals surface area contributed by atoms with Gasteiger partial charge in [0.05, 0.1) is 24.7 Å². The fraction of sp³-hybridized carbons (Fsp3) is 0.440. The summed E-state index contributed by atoms with van der Waals surface area (Å²) in [6.45, 7) is 4.11. The Kier molecular flexibility index (Phi) is 4.19. The third-order valence-electron chi connectivity index (χ3n) is 7.81. The third kappa shape index (κ3) is 2.60. The summed E-state index contributed by atoms with van der Waals surface area (Å²) in [5, 5.41) is 6.42. The Bertz CT molecular complexity index is 1190. The predicted octanol–water partition coefficient (Wildman–Crippen LogP) is 2.90. The van der Waals surface area contributed by atoms with Crippen LogP contribution in [0.5, 0.6) is 0 Å². The van der Waals surface area contributed by atoms with Crippen LogP contribution in [0.4, 0.5) is 0 Å². The minimum absolute atomic E-state index is 0.0948. The molecule has 0 unspecified atom stereocenters. The monoisotopic (exact) mass is 431 g/mol. The molecule has 32 heavy (non-hydrogen) atoms. The first-order valence-electron chi connectivity index (χ1n) is 11.3. The van der Waals surface area contributed by atoms with E-state index >= 15 is 0 Å². The number of aromatic nitrogens is 1. The van der Waals surface area contributed by atoms with Gasteiger partial charge in [-0.05, 0) is 50.0 Å². The lowest BCUT2D eigenvalue weighted by atomic mass is 9.63. The minimum atomic E-state index is -0.310. The molecule has 2 aromatic rings. The van der Waals surface area contributed by atoms with Gasteiger partial charge in [-0.2, -0.15) is 10.1 Å². The van der Waals surface area contributed by atoms with Crippen LogP contribution in [-0.4, -0.2) is 40.2 Å². The Labute approximate surface area is 185 Å². The van der Waals surface area contributed by atoms with Gasteiger partial charge in [-0.1, -0.05) is 30.4 Å². The molecule has 2 heterocycles. The van der Waals surface area contributed by atoms with Gasteiger partial charge in [-0.15, -0.1) is 0 Å². The van der Waals surface area contributed by atoms with E-state index in [1.807, 2.05) is 35.8 Å². The standard InChI is InChI=1S/C25H25N3O4/c1-3-32-21(29)12-27-13(2)19(14-6-4-5-7-20(14)27)11-26-28-24(30)22-15-8-9-16(18-10-17(15)18)23(22)25(28)31/h4-9,11,15-18,22-23H,3,10,12H2,1-2H3/b26-11-/t15-,16+,17-,18-,22+,23-/m1/s1. The van der Waals surface area contributed by atoms with Crippen molar-refractivity contribution in [2.24, 2.45) is 40.6 Å². The zero-order valence-electron chi connectivity index (χ0n) is 18.1. The van der Waals surface area contributed by atoms with E-state index in [0.29, 0.717) is 18.4 Å². The summed E-state index contributed by atoms with van der Waals surface area (Å²) < 4.78 is 7.01. The molecular weight excluding hydrogens is 406 g/mol. The van der Waals surface area contributed by atoms with Gasteiger partial charge in [-0.25, -0.2) is 0 Å². The maximum absolute atomic E-state index is 13.2. The molecular formula is C25H25N3O4. The summed E-state index contributed by atoms with van der Waals surface area (Å²) in [5.41, 5.74) is 2.52. The highest BCUT2D eigenvalue weighted by molar-refractivity contribution is 6.08. The molecule has 7 heteroatoms. The zero-order chi connectivity index (χ0) is 22.1. The van der Waals surface area contributed by atoms with Gasteiger partial charge in [0.25, 0.3) is 11.8 Å². The molecule has 5 aliphatic rings. The maximum Gasteiger partial charge on any atom is 0.325 e. The summed E-state index contributed by atoms with van der Waals surface area (Å²) in [6.07, 6.45) is 7.05. The fourth-order valence-corrected chi connectivity index (χ4v) is 6.33. The van der Waals surface area contributed by atoms with Crippen molar-refractivity contribution in [1.29, 1.82) is 0 Å². The van der Waals surface area contributed by atoms with Crippen LogP contribution >= 0.6 is 0 Å². The van der Waals surface area contributed by atoms with Gasteiger partial charge in [0.15, 0.2) is 0 Å². The van der Waals surface area contributed by atoms with Crippen LogP contribution in [0.15, 0.2) is 41.5 Å². The molecule has 1 saturated heterocycles. The van der Waals surface area contributed by atoms with Crippen LogP contribution in [0.2, 0.25) is 0 Å². The zero-order valence-corrected chi connectivity index (χ0v) is 18.1. The van der Waals surface area contributed by atoms with Gasteiger partial charge in [0, 0.05) is 22.2 Å². The second-order valence-corrected chi connectivity index (χ2v) is 9.29. The van der Waals surface area contributed by atoms with E-state index in [-0.39, 0.29) is 48.0 Å². The molecule has 2 bridgehead atoms. The topological polar surface area (TPSA) is 81.0 Å².